The lowest BCUT2D eigenvalue weighted by Crippen LogP contribution is -2.42. The fraction of sp³-hybridized carbons (Fsp3) is 1.00. The quantitative estimate of drug-likeness (QED) is 0.746. The van der Waals surface area contributed by atoms with Gasteiger partial charge in [-0.3, -0.25) is 0 Å². The van der Waals surface area contributed by atoms with Crippen LogP contribution in [0.15, 0.2) is 0 Å². The second-order valence-electron chi connectivity index (χ2n) is 5.98. The van der Waals surface area contributed by atoms with Crippen LogP contribution >= 0.6 is 0 Å². The molecule has 4 unspecified atom stereocenters. The van der Waals surface area contributed by atoms with E-state index in [1.54, 1.807) is 0 Å². The zero-order valence-electron chi connectivity index (χ0n) is 10.6. The van der Waals surface area contributed by atoms with Crippen molar-refractivity contribution < 1.29 is 0 Å². The lowest BCUT2D eigenvalue weighted by molar-refractivity contribution is 0.202. The Labute approximate surface area is 95.0 Å². The van der Waals surface area contributed by atoms with E-state index in [-0.39, 0.29) is 0 Å². The maximum atomic E-state index is 3.93. The molecule has 1 N–H and O–H groups in total. The van der Waals surface area contributed by atoms with Gasteiger partial charge in [0.05, 0.1) is 0 Å². The van der Waals surface area contributed by atoms with E-state index in [0.717, 1.165) is 29.8 Å². The first-order valence-electron chi connectivity index (χ1n) is 6.98. The van der Waals surface area contributed by atoms with Crippen LogP contribution in [0.3, 0.4) is 0 Å². The van der Waals surface area contributed by atoms with Crippen molar-refractivity contribution in [1.29, 1.82) is 0 Å². The Morgan fingerprint density at radius 2 is 1.87 bits per heavy atom. The molecule has 0 amide bonds. The number of rotatable bonds is 4. The highest BCUT2D eigenvalue weighted by Crippen LogP contribution is 2.37. The fourth-order valence-corrected chi connectivity index (χ4v) is 3.34. The molecule has 0 spiro atoms. The predicted molar refractivity (Wildman–Crippen MR) is 65.9 cm³/mol. The molecule has 15 heavy (non-hydrogen) atoms. The summed E-state index contributed by atoms with van der Waals surface area (Å²) in [5, 5.41) is 3.93. The monoisotopic (exact) mass is 209 g/mol. The van der Waals surface area contributed by atoms with Crippen LogP contribution in [0.25, 0.3) is 0 Å². The van der Waals surface area contributed by atoms with Gasteiger partial charge in [-0.15, -0.1) is 0 Å². The molecule has 4 atom stereocenters. The van der Waals surface area contributed by atoms with E-state index in [0.29, 0.717) is 0 Å². The lowest BCUT2D eigenvalue weighted by Gasteiger charge is -2.35. The second-order valence-corrected chi connectivity index (χ2v) is 5.98. The van der Waals surface area contributed by atoms with Crippen molar-refractivity contribution in [2.45, 2.75) is 71.4 Å². The first kappa shape index (κ1) is 11.4. The van der Waals surface area contributed by atoms with E-state index < -0.39 is 0 Å². The van der Waals surface area contributed by atoms with Crippen molar-refractivity contribution in [1.82, 2.24) is 5.32 Å². The topological polar surface area (TPSA) is 12.0 Å². The summed E-state index contributed by atoms with van der Waals surface area (Å²) < 4.78 is 0. The molecule has 1 heteroatoms. The van der Waals surface area contributed by atoms with E-state index in [4.69, 9.17) is 0 Å². The number of nitrogens with one attached hydrogen (secondary N) is 1. The molecular weight excluding hydrogens is 182 g/mol. The lowest BCUT2D eigenvalue weighted by atomic mass is 9.78. The van der Waals surface area contributed by atoms with Gasteiger partial charge >= 0.3 is 0 Å². The first-order chi connectivity index (χ1) is 7.22. The molecule has 0 heterocycles. The molecule has 0 bridgehead atoms. The van der Waals surface area contributed by atoms with Crippen molar-refractivity contribution in [2.75, 3.05) is 0 Å². The summed E-state index contributed by atoms with van der Waals surface area (Å²) in [6.07, 6.45) is 8.61. The molecule has 0 aliphatic heterocycles. The van der Waals surface area contributed by atoms with Gasteiger partial charge in [0.2, 0.25) is 0 Å². The van der Waals surface area contributed by atoms with Crippen molar-refractivity contribution in [3.63, 3.8) is 0 Å². The Morgan fingerprint density at radius 1 is 1.13 bits per heavy atom. The van der Waals surface area contributed by atoms with Crippen LogP contribution in [0, 0.1) is 17.8 Å². The van der Waals surface area contributed by atoms with Crippen LogP contribution in [-0.2, 0) is 0 Å². The maximum absolute atomic E-state index is 3.93. The van der Waals surface area contributed by atoms with Crippen molar-refractivity contribution in [2.24, 2.45) is 17.8 Å². The van der Waals surface area contributed by atoms with Gasteiger partial charge in [-0.05, 0) is 37.0 Å². The minimum absolute atomic E-state index is 0.834. The van der Waals surface area contributed by atoms with Gasteiger partial charge in [-0.1, -0.05) is 40.0 Å². The molecule has 0 radical (unpaired) electrons. The van der Waals surface area contributed by atoms with Gasteiger partial charge in [0, 0.05) is 12.1 Å². The van der Waals surface area contributed by atoms with E-state index in [1.807, 2.05) is 0 Å². The number of hydrogen-bond acceptors (Lipinski definition) is 1. The molecule has 0 aromatic rings. The first-order valence-corrected chi connectivity index (χ1v) is 6.98. The Hall–Kier alpha value is -0.0400. The third-order valence-electron chi connectivity index (χ3n) is 4.55. The minimum atomic E-state index is 0.834. The van der Waals surface area contributed by atoms with E-state index >= 15 is 0 Å². The summed E-state index contributed by atoms with van der Waals surface area (Å²) in [6, 6.07) is 1.71. The smallest absolute Gasteiger partial charge is 0.0102 e. The van der Waals surface area contributed by atoms with Crippen molar-refractivity contribution in [3.05, 3.63) is 0 Å². The van der Waals surface area contributed by atoms with Crippen LogP contribution in [0.5, 0.6) is 0 Å². The Kier molecular flexibility index (Phi) is 3.71. The Balaban J connectivity index is 1.83. The van der Waals surface area contributed by atoms with Crippen LogP contribution in [0.1, 0.15) is 59.3 Å². The van der Waals surface area contributed by atoms with Crippen LogP contribution in [0.2, 0.25) is 0 Å². The molecule has 2 aliphatic carbocycles. The van der Waals surface area contributed by atoms with Crippen LogP contribution in [0.4, 0.5) is 0 Å². The predicted octanol–water partition coefficient (Wildman–Crippen LogP) is 3.59. The van der Waals surface area contributed by atoms with Crippen molar-refractivity contribution >= 4 is 0 Å². The Bertz CT molecular complexity index is 200. The average molecular weight is 209 g/mol. The summed E-state index contributed by atoms with van der Waals surface area (Å²) in [6.45, 7) is 7.12. The highest BCUT2D eigenvalue weighted by molar-refractivity contribution is 4.96. The fourth-order valence-electron chi connectivity index (χ4n) is 3.34. The second kappa shape index (κ2) is 4.86. The van der Waals surface area contributed by atoms with Gasteiger partial charge in [0.1, 0.15) is 0 Å². The summed E-state index contributed by atoms with van der Waals surface area (Å²) in [5.41, 5.74) is 0. The van der Waals surface area contributed by atoms with Gasteiger partial charge < -0.3 is 5.32 Å². The molecule has 2 aliphatic rings. The standard InChI is InChI=1S/C14H27N/c1-4-11-9-14(11)15-13-8-6-5-7-12(13)10(2)3/h10-15H,4-9H2,1-3H3. The molecule has 2 fully saturated rings. The van der Waals surface area contributed by atoms with Crippen molar-refractivity contribution in [3.8, 4) is 0 Å². The minimum Gasteiger partial charge on any atom is -0.311 e. The highest BCUT2D eigenvalue weighted by Gasteiger charge is 2.39. The normalized spacial score (nSPS) is 40.8. The molecule has 1 nitrogen and oxygen atoms in total. The molecule has 88 valence electrons. The molecule has 0 saturated heterocycles. The largest absolute Gasteiger partial charge is 0.311 e. The van der Waals surface area contributed by atoms with Crippen LogP contribution in [-0.4, -0.2) is 12.1 Å². The third-order valence-corrected chi connectivity index (χ3v) is 4.55. The van der Waals surface area contributed by atoms with Crippen LogP contribution < -0.4 is 5.32 Å². The van der Waals surface area contributed by atoms with E-state index in [2.05, 4.69) is 26.1 Å². The molecule has 0 aromatic heterocycles. The average Bonchev–Trinajstić information content (AvgIpc) is 2.97. The number of hydrogen-bond donors (Lipinski definition) is 1. The van der Waals surface area contributed by atoms with Gasteiger partial charge in [0.25, 0.3) is 0 Å². The van der Waals surface area contributed by atoms with Gasteiger partial charge in [-0.25, -0.2) is 0 Å². The molecular formula is C14H27N. The zero-order chi connectivity index (χ0) is 10.8. The van der Waals surface area contributed by atoms with Gasteiger partial charge in [-0.2, -0.15) is 0 Å². The summed E-state index contributed by atoms with van der Waals surface area (Å²) in [4.78, 5) is 0. The third kappa shape index (κ3) is 2.75. The Morgan fingerprint density at radius 3 is 2.47 bits per heavy atom. The highest BCUT2D eigenvalue weighted by atomic mass is 15.0. The summed E-state index contributed by atoms with van der Waals surface area (Å²) in [5.74, 6) is 2.80. The van der Waals surface area contributed by atoms with E-state index in [9.17, 15) is 0 Å². The summed E-state index contributed by atoms with van der Waals surface area (Å²) >= 11 is 0. The van der Waals surface area contributed by atoms with Gasteiger partial charge in [0.15, 0.2) is 0 Å². The zero-order valence-corrected chi connectivity index (χ0v) is 10.6. The molecule has 2 saturated carbocycles. The molecule has 0 aromatic carbocycles. The molecule has 2 rings (SSSR count). The summed E-state index contributed by atoms with van der Waals surface area (Å²) in [7, 11) is 0. The van der Waals surface area contributed by atoms with E-state index in [1.165, 1.54) is 38.5 Å². The maximum Gasteiger partial charge on any atom is 0.0102 e. The SMILES string of the molecule is CCC1CC1NC1CCCCC1C(C)C.